The van der Waals surface area contributed by atoms with Crippen molar-refractivity contribution in [2.24, 2.45) is 0 Å². The monoisotopic (exact) mass is 301 g/mol. The lowest BCUT2D eigenvalue weighted by Crippen LogP contribution is -2.11. The Morgan fingerprint density at radius 3 is 2.76 bits per heavy atom. The van der Waals surface area contributed by atoms with Gasteiger partial charge in [0.2, 0.25) is 0 Å². The molecule has 96 valence electrons. The van der Waals surface area contributed by atoms with E-state index >= 15 is 0 Å². The molecule has 0 bridgehead atoms. The van der Waals surface area contributed by atoms with Gasteiger partial charge in [0, 0.05) is 19.3 Å². The summed E-state index contributed by atoms with van der Waals surface area (Å²) in [4.78, 5) is 8.82. The zero-order valence-corrected chi connectivity index (χ0v) is 12.2. The third-order valence-electron chi connectivity index (χ3n) is 2.33. The summed E-state index contributed by atoms with van der Waals surface area (Å²) < 4.78 is 6.50. The van der Waals surface area contributed by atoms with Crippen LogP contribution >= 0.6 is 15.9 Å². The fourth-order valence-electron chi connectivity index (χ4n) is 1.48. The van der Waals surface area contributed by atoms with Gasteiger partial charge in [0.15, 0.2) is 5.82 Å². The first kappa shape index (κ1) is 14.4. The minimum absolute atomic E-state index is 0.0183. The summed E-state index contributed by atoms with van der Waals surface area (Å²) in [5.74, 6) is 1.59. The van der Waals surface area contributed by atoms with E-state index in [0.29, 0.717) is 6.61 Å². The lowest BCUT2D eigenvalue weighted by Gasteiger charge is -2.15. The molecule has 0 radical (unpaired) electrons. The summed E-state index contributed by atoms with van der Waals surface area (Å²) >= 11 is 3.44. The van der Waals surface area contributed by atoms with Crippen LogP contribution < -0.4 is 5.32 Å². The average molecular weight is 302 g/mol. The number of rotatable bonds is 7. The fourth-order valence-corrected chi connectivity index (χ4v) is 1.81. The molecule has 0 aliphatic carbocycles. The van der Waals surface area contributed by atoms with E-state index in [9.17, 15) is 0 Å². The van der Waals surface area contributed by atoms with Crippen molar-refractivity contribution in [3.8, 4) is 0 Å². The van der Waals surface area contributed by atoms with Gasteiger partial charge in [-0.05, 0) is 35.7 Å². The molecule has 1 unspecified atom stereocenters. The van der Waals surface area contributed by atoms with E-state index in [1.807, 2.05) is 6.92 Å². The Bertz CT molecular complexity index is 347. The molecule has 4 nitrogen and oxygen atoms in total. The van der Waals surface area contributed by atoms with E-state index in [-0.39, 0.29) is 6.10 Å². The number of anilines is 1. The summed E-state index contributed by atoms with van der Waals surface area (Å²) in [5, 5.41) is 3.27. The minimum Gasteiger partial charge on any atom is -0.371 e. The third kappa shape index (κ3) is 4.24. The van der Waals surface area contributed by atoms with E-state index in [4.69, 9.17) is 4.74 Å². The quantitative estimate of drug-likeness (QED) is 0.836. The summed E-state index contributed by atoms with van der Waals surface area (Å²) in [7, 11) is 0. The Morgan fingerprint density at radius 1 is 1.41 bits per heavy atom. The van der Waals surface area contributed by atoms with Gasteiger partial charge < -0.3 is 10.1 Å². The molecule has 1 rings (SSSR count). The second-order valence-corrected chi connectivity index (χ2v) is 4.56. The van der Waals surface area contributed by atoms with Crippen molar-refractivity contribution in [3.05, 3.63) is 16.5 Å². The average Bonchev–Trinajstić information content (AvgIpc) is 2.35. The molecule has 0 aliphatic heterocycles. The van der Waals surface area contributed by atoms with Crippen LogP contribution in [0, 0.1) is 0 Å². The first-order valence-electron chi connectivity index (χ1n) is 6.10. The lowest BCUT2D eigenvalue weighted by atomic mass is 10.2. The van der Waals surface area contributed by atoms with Gasteiger partial charge >= 0.3 is 0 Å². The number of aromatic nitrogens is 2. The maximum atomic E-state index is 5.61. The van der Waals surface area contributed by atoms with E-state index in [0.717, 1.165) is 35.5 Å². The SMILES string of the molecule is CCCNc1nc(C(CC)OCC)ncc1Br. The Kier molecular flexibility index (Phi) is 6.44. The van der Waals surface area contributed by atoms with Crippen LogP contribution in [-0.2, 0) is 4.74 Å². The van der Waals surface area contributed by atoms with Crippen molar-refractivity contribution in [1.82, 2.24) is 9.97 Å². The molecule has 0 spiro atoms. The molecule has 0 aliphatic rings. The van der Waals surface area contributed by atoms with Crippen LogP contribution in [0.25, 0.3) is 0 Å². The van der Waals surface area contributed by atoms with Crippen LogP contribution in [0.1, 0.15) is 45.5 Å². The predicted molar refractivity (Wildman–Crippen MR) is 73.2 cm³/mol. The largest absolute Gasteiger partial charge is 0.371 e. The van der Waals surface area contributed by atoms with Crippen molar-refractivity contribution < 1.29 is 4.74 Å². The highest BCUT2D eigenvalue weighted by Gasteiger charge is 2.14. The van der Waals surface area contributed by atoms with Crippen LogP contribution in [0.3, 0.4) is 0 Å². The molecule has 0 fully saturated rings. The molecule has 1 heterocycles. The lowest BCUT2D eigenvalue weighted by molar-refractivity contribution is 0.0535. The van der Waals surface area contributed by atoms with E-state index in [1.54, 1.807) is 6.20 Å². The van der Waals surface area contributed by atoms with Gasteiger partial charge in [0.1, 0.15) is 11.9 Å². The van der Waals surface area contributed by atoms with Crippen molar-refractivity contribution in [2.45, 2.75) is 39.7 Å². The first-order chi connectivity index (χ1) is 8.22. The molecule has 5 heteroatoms. The number of nitrogens with one attached hydrogen (secondary N) is 1. The van der Waals surface area contributed by atoms with Crippen LogP contribution in [-0.4, -0.2) is 23.1 Å². The molecule has 1 aromatic heterocycles. The summed E-state index contributed by atoms with van der Waals surface area (Å²) in [6.07, 6.45) is 3.70. The molecule has 1 atom stereocenters. The zero-order chi connectivity index (χ0) is 12.7. The normalized spacial score (nSPS) is 12.5. The van der Waals surface area contributed by atoms with Gasteiger partial charge in [-0.1, -0.05) is 13.8 Å². The minimum atomic E-state index is -0.0183. The highest BCUT2D eigenvalue weighted by atomic mass is 79.9. The molecule has 0 saturated heterocycles. The van der Waals surface area contributed by atoms with Crippen LogP contribution in [0.15, 0.2) is 10.7 Å². The van der Waals surface area contributed by atoms with Crippen molar-refractivity contribution >= 4 is 21.7 Å². The molecular weight excluding hydrogens is 282 g/mol. The highest BCUT2D eigenvalue weighted by Crippen LogP contribution is 2.23. The smallest absolute Gasteiger partial charge is 0.159 e. The summed E-state index contributed by atoms with van der Waals surface area (Å²) in [6.45, 7) is 7.76. The van der Waals surface area contributed by atoms with Crippen molar-refractivity contribution in [3.63, 3.8) is 0 Å². The molecule has 17 heavy (non-hydrogen) atoms. The molecule has 1 aromatic rings. The van der Waals surface area contributed by atoms with Crippen LogP contribution in [0.5, 0.6) is 0 Å². The second-order valence-electron chi connectivity index (χ2n) is 3.70. The van der Waals surface area contributed by atoms with Crippen LogP contribution in [0.2, 0.25) is 0 Å². The number of hydrogen-bond donors (Lipinski definition) is 1. The number of nitrogens with zero attached hydrogens (tertiary/aromatic N) is 2. The Balaban J connectivity index is 2.85. The van der Waals surface area contributed by atoms with E-state index < -0.39 is 0 Å². The topological polar surface area (TPSA) is 47.0 Å². The molecule has 0 aromatic carbocycles. The number of ether oxygens (including phenoxy) is 1. The van der Waals surface area contributed by atoms with Crippen LogP contribution in [0.4, 0.5) is 5.82 Å². The maximum Gasteiger partial charge on any atom is 0.159 e. The molecule has 1 N–H and O–H groups in total. The van der Waals surface area contributed by atoms with E-state index in [1.165, 1.54) is 0 Å². The third-order valence-corrected chi connectivity index (χ3v) is 2.91. The zero-order valence-electron chi connectivity index (χ0n) is 10.7. The standard InChI is InChI=1S/C12H20BrN3O/c1-4-7-14-11-9(13)8-15-12(16-11)10(5-2)17-6-3/h8,10H,4-7H2,1-3H3,(H,14,15,16). The molecule has 0 saturated carbocycles. The van der Waals surface area contributed by atoms with Gasteiger partial charge in [-0.15, -0.1) is 0 Å². The summed E-state index contributed by atoms with van der Waals surface area (Å²) in [5.41, 5.74) is 0. The second kappa shape index (κ2) is 7.61. The van der Waals surface area contributed by atoms with Gasteiger partial charge in [-0.2, -0.15) is 0 Å². The number of halogens is 1. The van der Waals surface area contributed by atoms with Gasteiger partial charge in [0.25, 0.3) is 0 Å². The Hall–Kier alpha value is -0.680. The Morgan fingerprint density at radius 2 is 2.18 bits per heavy atom. The van der Waals surface area contributed by atoms with Gasteiger partial charge in [0.05, 0.1) is 4.47 Å². The van der Waals surface area contributed by atoms with E-state index in [2.05, 4.69) is 45.1 Å². The van der Waals surface area contributed by atoms with Gasteiger partial charge in [-0.25, -0.2) is 9.97 Å². The highest BCUT2D eigenvalue weighted by molar-refractivity contribution is 9.10. The maximum absolute atomic E-state index is 5.61. The summed E-state index contributed by atoms with van der Waals surface area (Å²) in [6, 6.07) is 0. The number of hydrogen-bond acceptors (Lipinski definition) is 4. The predicted octanol–water partition coefficient (Wildman–Crippen LogP) is 3.55. The fraction of sp³-hybridized carbons (Fsp3) is 0.667. The Labute approximate surface area is 111 Å². The first-order valence-corrected chi connectivity index (χ1v) is 6.90. The van der Waals surface area contributed by atoms with Gasteiger partial charge in [-0.3, -0.25) is 0 Å². The molecular formula is C12H20BrN3O. The van der Waals surface area contributed by atoms with Crippen molar-refractivity contribution in [2.75, 3.05) is 18.5 Å². The van der Waals surface area contributed by atoms with Crippen molar-refractivity contribution in [1.29, 1.82) is 0 Å². The molecule has 0 amide bonds.